The first-order chi connectivity index (χ1) is 16.4. The lowest BCUT2D eigenvalue weighted by atomic mass is 9.97. The lowest BCUT2D eigenvalue weighted by Crippen LogP contribution is -2.39. The predicted molar refractivity (Wildman–Crippen MR) is 128 cm³/mol. The molecule has 0 radical (unpaired) electrons. The summed E-state index contributed by atoms with van der Waals surface area (Å²) in [5, 5.41) is 3.39. The molecule has 0 aliphatic carbocycles. The van der Waals surface area contributed by atoms with Gasteiger partial charge < -0.3 is 15.0 Å². The van der Waals surface area contributed by atoms with Crippen LogP contribution in [0.2, 0.25) is 5.02 Å². The number of anilines is 2. The molecule has 2 aromatic carbocycles. The molecule has 1 aliphatic rings. The zero-order chi connectivity index (χ0) is 24.2. The van der Waals surface area contributed by atoms with Gasteiger partial charge in [-0.25, -0.2) is 9.18 Å². The van der Waals surface area contributed by atoms with Crippen LogP contribution in [0.3, 0.4) is 0 Å². The molecule has 2 heterocycles. The maximum absolute atomic E-state index is 13.3. The number of nitrogens with one attached hydrogen (secondary N) is 1. The highest BCUT2D eigenvalue weighted by Crippen LogP contribution is 2.28. The third-order valence-electron chi connectivity index (χ3n) is 5.79. The maximum atomic E-state index is 13.3. The third kappa shape index (κ3) is 5.04. The van der Waals surface area contributed by atoms with Crippen molar-refractivity contribution in [1.82, 2.24) is 9.55 Å². The minimum Gasteiger partial charge on any atom is -0.466 e. The van der Waals surface area contributed by atoms with Crippen molar-refractivity contribution in [3.05, 3.63) is 63.8 Å². The molecular weight excluding hydrogens is 463 g/mol. The number of halogens is 2. The Morgan fingerprint density at radius 1 is 1.21 bits per heavy atom. The number of benzene rings is 2. The number of piperidine rings is 1. The molecule has 178 valence electrons. The average molecular weight is 487 g/mol. The minimum atomic E-state index is -0.568. The van der Waals surface area contributed by atoms with E-state index in [-0.39, 0.29) is 29.1 Å². The van der Waals surface area contributed by atoms with Crippen LogP contribution in [-0.4, -0.2) is 41.1 Å². The average Bonchev–Trinajstić information content (AvgIpc) is 2.83. The van der Waals surface area contributed by atoms with Crippen molar-refractivity contribution < 1.29 is 18.7 Å². The van der Waals surface area contributed by atoms with Gasteiger partial charge in [-0.2, -0.15) is 4.98 Å². The predicted octanol–water partition coefficient (Wildman–Crippen LogP) is 3.61. The Labute approximate surface area is 200 Å². The van der Waals surface area contributed by atoms with E-state index >= 15 is 0 Å². The Hall–Kier alpha value is -3.46. The van der Waals surface area contributed by atoms with E-state index in [1.54, 1.807) is 19.1 Å². The standard InChI is InChI=1S/C24H24ClFN4O4/c1-2-34-23(32)15-9-11-29(12-10-15)22-17-5-3-4-6-20(17)30(24(33)28-22)14-21(31)27-19-8-7-16(26)13-18(19)25/h3-8,13,15H,2,9-12,14H2,1H3,(H,27,31). The molecule has 1 saturated heterocycles. The molecule has 1 aliphatic heterocycles. The normalized spacial score (nSPS) is 14.3. The Kier molecular flexibility index (Phi) is 7.12. The van der Waals surface area contributed by atoms with Gasteiger partial charge in [0.1, 0.15) is 18.2 Å². The summed E-state index contributed by atoms with van der Waals surface area (Å²) in [6.07, 6.45) is 1.22. The monoisotopic (exact) mass is 486 g/mol. The van der Waals surface area contributed by atoms with Crippen LogP contribution in [0.25, 0.3) is 10.9 Å². The first kappa shape index (κ1) is 23.7. The summed E-state index contributed by atoms with van der Waals surface area (Å²) in [6, 6.07) is 10.9. The number of para-hydroxylation sites is 1. The van der Waals surface area contributed by atoms with Gasteiger partial charge >= 0.3 is 11.7 Å². The number of nitrogens with zero attached hydrogens (tertiary/aromatic N) is 3. The molecule has 10 heteroatoms. The fourth-order valence-electron chi connectivity index (χ4n) is 4.12. The molecule has 1 N–H and O–H groups in total. The zero-order valence-corrected chi connectivity index (χ0v) is 19.3. The van der Waals surface area contributed by atoms with Gasteiger partial charge in [0.15, 0.2) is 0 Å². The summed E-state index contributed by atoms with van der Waals surface area (Å²) < 4.78 is 19.7. The van der Waals surface area contributed by atoms with Gasteiger partial charge in [-0.3, -0.25) is 14.2 Å². The molecular formula is C24H24ClFN4O4. The number of carbonyl (C=O) groups excluding carboxylic acids is 2. The summed E-state index contributed by atoms with van der Waals surface area (Å²) in [4.78, 5) is 43.9. The Bertz CT molecular complexity index is 1290. The van der Waals surface area contributed by atoms with Crippen LogP contribution in [0.4, 0.5) is 15.9 Å². The van der Waals surface area contributed by atoms with E-state index in [1.807, 2.05) is 17.0 Å². The first-order valence-electron chi connectivity index (χ1n) is 11.0. The second-order valence-corrected chi connectivity index (χ2v) is 8.41. The molecule has 0 unspecified atom stereocenters. The quantitative estimate of drug-likeness (QED) is 0.535. The number of rotatable bonds is 6. The van der Waals surface area contributed by atoms with Gasteiger partial charge in [-0.05, 0) is 50.1 Å². The summed E-state index contributed by atoms with van der Waals surface area (Å²) in [5.41, 5.74) is 0.242. The van der Waals surface area contributed by atoms with Gasteiger partial charge in [0.2, 0.25) is 5.91 Å². The second-order valence-electron chi connectivity index (χ2n) is 8.01. The van der Waals surface area contributed by atoms with Crippen LogP contribution < -0.4 is 15.9 Å². The maximum Gasteiger partial charge on any atom is 0.350 e. The SMILES string of the molecule is CCOC(=O)C1CCN(c2nc(=O)n(CC(=O)Nc3ccc(F)cc3Cl)c3ccccc23)CC1. The molecule has 0 spiro atoms. The topological polar surface area (TPSA) is 93.5 Å². The summed E-state index contributed by atoms with van der Waals surface area (Å²) in [7, 11) is 0. The highest BCUT2D eigenvalue weighted by molar-refractivity contribution is 6.33. The van der Waals surface area contributed by atoms with Gasteiger partial charge in [0.25, 0.3) is 0 Å². The molecule has 8 nitrogen and oxygen atoms in total. The molecule has 34 heavy (non-hydrogen) atoms. The van der Waals surface area contributed by atoms with E-state index in [4.69, 9.17) is 16.3 Å². The number of hydrogen-bond acceptors (Lipinski definition) is 6. The minimum absolute atomic E-state index is 0.0604. The van der Waals surface area contributed by atoms with Crippen molar-refractivity contribution >= 4 is 45.9 Å². The van der Waals surface area contributed by atoms with Crippen LogP contribution in [-0.2, 0) is 20.9 Å². The molecule has 1 amide bonds. The number of aromatic nitrogens is 2. The van der Waals surface area contributed by atoms with Gasteiger partial charge in [-0.1, -0.05) is 23.7 Å². The highest BCUT2D eigenvalue weighted by Gasteiger charge is 2.28. The van der Waals surface area contributed by atoms with Crippen molar-refractivity contribution in [2.45, 2.75) is 26.3 Å². The summed E-state index contributed by atoms with van der Waals surface area (Å²) in [5.74, 6) is -0.838. The summed E-state index contributed by atoms with van der Waals surface area (Å²) in [6.45, 7) is 2.98. The van der Waals surface area contributed by atoms with E-state index < -0.39 is 17.4 Å². The molecule has 1 fully saturated rings. The van der Waals surface area contributed by atoms with Crippen molar-refractivity contribution in [3.8, 4) is 0 Å². The molecule has 0 saturated carbocycles. The number of esters is 1. The third-order valence-corrected chi connectivity index (χ3v) is 6.10. The van der Waals surface area contributed by atoms with E-state index in [0.29, 0.717) is 43.9 Å². The fraction of sp³-hybridized carbons (Fsp3) is 0.333. The van der Waals surface area contributed by atoms with E-state index in [2.05, 4.69) is 10.3 Å². The van der Waals surface area contributed by atoms with Gasteiger partial charge in [0, 0.05) is 18.5 Å². The van der Waals surface area contributed by atoms with E-state index in [9.17, 15) is 18.8 Å². The van der Waals surface area contributed by atoms with E-state index in [1.165, 1.54) is 16.7 Å². The number of carbonyl (C=O) groups is 2. The van der Waals surface area contributed by atoms with Crippen LogP contribution in [0.1, 0.15) is 19.8 Å². The van der Waals surface area contributed by atoms with Crippen LogP contribution in [0.5, 0.6) is 0 Å². The molecule has 3 aromatic rings. The van der Waals surface area contributed by atoms with Gasteiger partial charge in [-0.15, -0.1) is 0 Å². The first-order valence-corrected chi connectivity index (χ1v) is 11.4. The molecule has 1 aromatic heterocycles. The number of hydrogen-bond donors (Lipinski definition) is 1. The number of ether oxygens (including phenoxy) is 1. The van der Waals surface area contributed by atoms with Crippen molar-refractivity contribution in [2.24, 2.45) is 5.92 Å². The molecule has 4 rings (SSSR count). The lowest BCUT2D eigenvalue weighted by Gasteiger charge is -2.32. The lowest BCUT2D eigenvalue weighted by molar-refractivity contribution is -0.148. The van der Waals surface area contributed by atoms with Gasteiger partial charge in [0.05, 0.1) is 28.8 Å². The smallest absolute Gasteiger partial charge is 0.350 e. The second kappa shape index (κ2) is 10.2. The fourth-order valence-corrected chi connectivity index (χ4v) is 4.33. The number of fused-ring (bicyclic) bond motifs is 1. The Morgan fingerprint density at radius 3 is 2.65 bits per heavy atom. The van der Waals surface area contributed by atoms with E-state index in [0.717, 1.165) is 11.5 Å². The largest absolute Gasteiger partial charge is 0.466 e. The Balaban J connectivity index is 1.57. The van der Waals surface area contributed by atoms with Crippen molar-refractivity contribution in [2.75, 3.05) is 29.9 Å². The van der Waals surface area contributed by atoms with Crippen molar-refractivity contribution in [1.29, 1.82) is 0 Å². The zero-order valence-electron chi connectivity index (χ0n) is 18.6. The molecule has 0 atom stereocenters. The van der Waals surface area contributed by atoms with Crippen LogP contribution >= 0.6 is 11.6 Å². The Morgan fingerprint density at radius 2 is 1.94 bits per heavy atom. The number of amides is 1. The highest BCUT2D eigenvalue weighted by atomic mass is 35.5. The summed E-state index contributed by atoms with van der Waals surface area (Å²) >= 11 is 5.99. The van der Waals surface area contributed by atoms with Crippen molar-refractivity contribution in [3.63, 3.8) is 0 Å². The van der Waals surface area contributed by atoms with Crippen LogP contribution in [0, 0.1) is 11.7 Å². The van der Waals surface area contributed by atoms with Crippen LogP contribution in [0.15, 0.2) is 47.3 Å². The molecule has 0 bridgehead atoms.